The van der Waals surface area contributed by atoms with Gasteiger partial charge in [0.1, 0.15) is 5.70 Å². The maximum Gasteiger partial charge on any atom is 0.277 e. The molecular formula is C19H24N2O2. The van der Waals surface area contributed by atoms with Crippen molar-refractivity contribution in [1.29, 1.82) is 0 Å². The van der Waals surface area contributed by atoms with Crippen LogP contribution >= 0.6 is 0 Å². The van der Waals surface area contributed by atoms with E-state index in [-0.39, 0.29) is 17.7 Å². The molecule has 1 fully saturated rings. The molecule has 2 aliphatic rings. The largest absolute Gasteiger partial charge is 0.366 e. The maximum atomic E-state index is 12.9. The number of rotatable bonds is 4. The third-order valence-electron chi connectivity index (χ3n) is 4.45. The number of imide groups is 1. The molecule has 122 valence electrons. The first-order valence-corrected chi connectivity index (χ1v) is 8.41. The van der Waals surface area contributed by atoms with Gasteiger partial charge in [0.15, 0.2) is 0 Å². The van der Waals surface area contributed by atoms with Crippen molar-refractivity contribution in [3.63, 3.8) is 0 Å². The summed E-state index contributed by atoms with van der Waals surface area (Å²) in [7, 11) is 0. The van der Waals surface area contributed by atoms with Gasteiger partial charge in [-0.3, -0.25) is 14.5 Å². The van der Waals surface area contributed by atoms with Crippen LogP contribution in [0.4, 0.5) is 0 Å². The maximum absolute atomic E-state index is 12.9. The number of hydrogen-bond donors (Lipinski definition) is 0. The van der Waals surface area contributed by atoms with Crippen LogP contribution in [0.2, 0.25) is 0 Å². The summed E-state index contributed by atoms with van der Waals surface area (Å²) in [5.74, 6) is -0.00396. The predicted molar refractivity (Wildman–Crippen MR) is 90.5 cm³/mol. The van der Waals surface area contributed by atoms with E-state index in [1.165, 1.54) is 4.90 Å². The molecular weight excluding hydrogens is 288 g/mol. The fourth-order valence-corrected chi connectivity index (χ4v) is 3.31. The van der Waals surface area contributed by atoms with Crippen LogP contribution in [0.3, 0.4) is 0 Å². The highest BCUT2D eigenvalue weighted by Crippen LogP contribution is 2.33. The van der Waals surface area contributed by atoms with Gasteiger partial charge >= 0.3 is 0 Å². The van der Waals surface area contributed by atoms with Crippen LogP contribution in [0.15, 0.2) is 30.0 Å². The van der Waals surface area contributed by atoms with E-state index < -0.39 is 0 Å². The quantitative estimate of drug-likeness (QED) is 0.803. The molecule has 1 aromatic rings. The zero-order chi connectivity index (χ0) is 16.6. The van der Waals surface area contributed by atoms with Gasteiger partial charge < -0.3 is 4.90 Å². The van der Waals surface area contributed by atoms with Crippen molar-refractivity contribution < 1.29 is 9.59 Å². The molecule has 0 aliphatic carbocycles. The Morgan fingerprint density at radius 2 is 1.61 bits per heavy atom. The minimum atomic E-state index is -0.144. The number of carbonyl (C=O) groups excluding carboxylic acids is 2. The van der Waals surface area contributed by atoms with Crippen LogP contribution in [0, 0.1) is 12.8 Å². The van der Waals surface area contributed by atoms with Crippen LogP contribution in [-0.2, 0) is 9.59 Å². The van der Waals surface area contributed by atoms with Crippen LogP contribution in [0.5, 0.6) is 0 Å². The number of amides is 2. The van der Waals surface area contributed by atoms with Crippen molar-refractivity contribution in [3.05, 3.63) is 41.1 Å². The Hall–Kier alpha value is -2.10. The van der Waals surface area contributed by atoms with Crippen molar-refractivity contribution in [2.45, 2.75) is 33.6 Å². The molecule has 0 atom stereocenters. The van der Waals surface area contributed by atoms with Gasteiger partial charge in [-0.05, 0) is 31.2 Å². The monoisotopic (exact) mass is 312 g/mol. The minimum Gasteiger partial charge on any atom is -0.366 e. The summed E-state index contributed by atoms with van der Waals surface area (Å²) in [6, 6.07) is 7.88. The summed E-state index contributed by atoms with van der Waals surface area (Å²) in [4.78, 5) is 29.3. The first-order valence-electron chi connectivity index (χ1n) is 8.41. The van der Waals surface area contributed by atoms with E-state index in [0.717, 1.165) is 37.1 Å². The average molecular weight is 312 g/mol. The van der Waals surface area contributed by atoms with Gasteiger partial charge in [-0.2, -0.15) is 0 Å². The molecule has 23 heavy (non-hydrogen) atoms. The third kappa shape index (κ3) is 2.90. The Bertz CT molecular complexity index is 652. The SMILES string of the molecule is Cc1ccc(C2=C(N3CCCC3)C(=O)N(CC(C)C)C2=O)cc1. The van der Waals surface area contributed by atoms with Crippen molar-refractivity contribution in [2.24, 2.45) is 5.92 Å². The Labute approximate surface area is 137 Å². The summed E-state index contributed by atoms with van der Waals surface area (Å²) in [6.45, 7) is 8.27. The van der Waals surface area contributed by atoms with E-state index in [0.29, 0.717) is 17.8 Å². The second-order valence-electron chi connectivity index (χ2n) is 6.90. The van der Waals surface area contributed by atoms with E-state index in [9.17, 15) is 9.59 Å². The molecule has 2 heterocycles. The van der Waals surface area contributed by atoms with Crippen LogP contribution < -0.4 is 0 Å². The van der Waals surface area contributed by atoms with Crippen molar-refractivity contribution >= 4 is 17.4 Å². The average Bonchev–Trinajstić information content (AvgIpc) is 3.10. The molecule has 0 radical (unpaired) electrons. The Kier molecular flexibility index (Phi) is 4.24. The van der Waals surface area contributed by atoms with Crippen LogP contribution in [0.25, 0.3) is 5.57 Å². The number of aryl methyl sites for hydroxylation is 1. The molecule has 1 aromatic carbocycles. The highest BCUT2D eigenvalue weighted by atomic mass is 16.2. The van der Waals surface area contributed by atoms with E-state index in [1.807, 2.05) is 45.0 Å². The van der Waals surface area contributed by atoms with Crippen molar-refractivity contribution in [1.82, 2.24) is 9.80 Å². The first-order chi connectivity index (χ1) is 11.0. The minimum absolute atomic E-state index is 0.124. The van der Waals surface area contributed by atoms with E-state index >= 15 is 0 Å². The number of hydrogen-bond acceptors (Lipinski definition) is 3. The standard InChI is InChI=1S/C19H24N2O2/c1-13(2)12-21-18(22)16(15-8-6-14(3)7-9-15)17(19(21)23)20-10-4-5-11-20/h6-9,13H,4-5,10-12H2,1-3H3. The fraction of sp³-hybridized carbons (Fsp3) is 0.474. The van der Waals surface area contributed by atoms with Crippen LogP contribution in [-0.4, -0.2) is 41.2 Å². The topological polar surface area (TPSA) is 40.6 Å². The molecule has 4 heteroatoms. The zero-order valence-electron chi connectivity index (χ0n) is 14.1. The molecule has 3 rings (SSSR count). The van der Waals surface area contributed by atoms with Gasteiger partial charge in [0.2, 0.25) is 0 Å². The molecule has 4 nitrogen and oxygen atoms in total. The van der Waals surface area contributed by atoms with E-state index in [2.05, 4.69) is 4.90 Å². The smallest absolute Gasteiger partial charge is 0.277 e. The first kappa shape index (κ1) is 15.8. The van der Waals surface area contributed by atoms with Gasteiger partial charge in [-0.1, -0.05) is 43.7 Å². The number of likely N-dealkylation sites (tertiary alicyclic amines) is 1. The van der Waals surface area contributed by atoms with Gasteiger partial charge in [0.05, 0.1) is 5.57 Å². The highest BCUT2D eigenvalue weighted by Gasteiger charge is 2.42. The Morgan fingerprint density at radius 1 is 1.00 bits per heavy atom. The summed E-state index contributed by atoms with van der Waals surface area (Å²) in [5.41, 5.74) is 3.18. The second-order valence-corrected chi connectivity index (χ2v) is 6.90. The lowest BCUT2D eigenvalue weighted by molar-refractivity contribution is -0.138. The molecule has 0 unspecified atom stereocenters. The van der Waals surface area contributed by atoms with Gasteiger partial charge in [0, 0.05) is 19.6 Å². The molecule has 0 saturated carbocycles. The van der Waals surface area contributed by atoms with Crippen molar-refractivity contribution in [2.75, 3.05) is 19.6 Å². The molecule has 0 bridgehead atoms. The molecule has 0 N–H and O–H groups in total. The molecule has 0 aromatic heterocycles. The molecule has 1 saturated heterocycles. The highest BCUT2D eigenvalue weighted by molar-refractivity contribution is 6.35. The number of benzene rings is 1. The van der Waals surface area contributed by atoms with Gasteiger partial charge in [-0.15, -0.1) is 0 Å². The van der Waals surface area contributed by atoms with E-state index in [4.69, 9.17) is 0 Å². The van der Waals surface area contributed by atoms with Gasteiger partial charge in [0.25, 0.3) is 11.8 Å². The van der Waals surface area contributed by atoms with Gasteiger partial charge in [-0.25, -0.2) is 0 Å². The zero-order valence-corrected chi connectivity index (χ0v) is 14.1. The summed E-state index contributed by atoms with van der Waals surface area (Å²) < 4.78 is 0. The number of nitrogens with zero attached hydrogens (tertiary/aromatic N) is 2. The lowest BCUT2D eigenvalue weighted by Crippen LogP contribution is -2.37. The summed E-state index contributed by atoms with van der Waals surface area (Å²) >= 11 is 0. The normalized spacial score (nSPS) is 18.8. The fourth-order valence-electron chi connectivity index (χ4n) is 3.31. The predicted octanol–water partition coefficient (Wildman–Crippen LogP) is 2.83. The molecule has 2 amide bonds. The van der Waals surface area contributed by atoms with E-state index in [1.54, 1.807) is 0 Å². The lowest BCUT2D eigenvalue weighted by atomic mass is 10.0. The van der Waals surface area contributed by atoms with Crippen molar-refractivity contribution in [3.8, 4) is 0 Å². The Balaban J connectivity index is 2.06. The third-order valence-corrected chi connectivity index (χ3v) is 4.45. The second kappa shape index (κ2) is 6.19. The summed E-state index contributed by atoms with van der Waals surface area (Å²) in [5, 5.41) is 0. The van der Waals surface area contributed by atoms with Crippen LogP contribution in [0.1, 0.15) is 37.8 Å². The molecule has 0 spiro atoms. The number of carbonyl (C=O) groups is 2. The lowest BCUT2D eigenvalue weighted by Gasteiger charge is -2.21. The molecule has 2 aliphatic heterocycles. The summed E-state index contributed by atoms with van der Waals surface area (Å²) in [6.07, 6.45) is 2.16. The Morgan fingerprint density at radius 3 is 2.17 bits per heavy atom.